The Bertz CT molecular complexity index is 164. The van der Waals surface area contributed by atoms with E-state index in [9.17, 15) is 5.11 Å². The summed E-state index contributed by atoms with van der Waals surface area (Å²) >= 11 is 0. The Morgan fingerprint density at radius 1 is 1.53 bits per heavy atom. The van der Waals surface area contributed by atoms with Gasteiger partial charge in [0.25, 0.3) is 0 Å². The van der Waals surface area contributed by atoms with Crippen molar-refractivity contribution in [1.29, 1.82) is 0 Å². The van der Waals surface area contributed by atoms with Gasteiger partial charge >= 0.3 is 0 Å². The third-order valence-electron chi connectivity index (χ3n) is 3.02. The Kier molecular flexibility index (Phi) is 6.22. The fourth-order valence-electron chi connectivity index (χ4n) is 2.04. The zero-order valence-electron chi connectivity index (χ0n) is 10.1. The number of aliphatic hydroxyl groups excluding tert-OH is 1. The minimum atomic E-state index is -0.106. The molecule has 1 rings (SSSR count). The van der Waals surface area contributed by atoms with Crippen LogP contribution in [0.3, 0.4) is 0 Å². The lowest BCUT2D eigenvalue weighted by Crippen LogP contribution is -2.31. The molecule has 1 fully saturated rings. The number of hydrogen-bond acceptors (Lipinski definition) is 3. The monoisotopic (exact) mass is 215 g/mol. The van der Waals surface area contributed by atoms with Gasteiger partial charge in [-0.1, -0.05) is 6.92 Å². The van der Waals surface area contributed by atoms with Gasteiger partial charge in [-0.2, -0.15) is 0 Å². The summed E-state index contributed by atoms with van der Waals surface area (Å²) in [6.45, 7) is 8.36. The van der Waals surface area contributed by atoms with Crippen molar-refractivity contribution < 1.29 is 9.84 Å². The van der Waals surface area contributed by atoms with Crippen LogP contribution < -0.4 is 0 Å². The zero-order valence-corrected chi connectivity index (χ0v) is 10.1. The first kappa shape index (κ1) is 12.9. The van der Waals surface area contributed by atoms with Gasteiger partial charge in [0.2, 0.25) is 0 Å². The predicted molar refractivity (Wildman–Crippen MR) is 62.0 cm³/mol. The molecular weight excluding hydrogens is 190 g/mol. The summed E-state index contributed by atoms with van der Waals surface area (Å²) in [7, 11) is 0. The normalized spacial score (nSPS) is 26.2. The second-order valence-electron chi connectivity index (χ2n) is 4.54. The molecule has 1 aliphatic rings. The maximum atomic E-state index is 9.45. The molecule has 1 heterocycles. The van der Waals surface area contributed by atoms with Gasteiger partial charge in [0, 0.05) is 19.7 Å². The maximum absolute atomic E-state index is 9.45. The summed E-state index contributed by atoms with van der Waals surface area (Å²) in [5, 5.41) is 9.45. The lowest BCUT2D eigenvalue weighted by Gasteiger charge is -2.22. The molecule has 2 atom stereocenters. The topological polar surface area (TPSA) is 32.7 Å². The molecule has 2 unspecified atom stereocenters. The summed E-state index contributed by atoms with van der Waals surface area (Å²) in [5.74, 6) is 0. The van der Waals surface area contributed by atoms with Crippen molar-refractivity contribution in [3.63, 3.8) is 0 Å². The van der Waals surface area contributed by atoms with Crippen LogP contribution in [0.5, 0.6) is 0 Å². The van der Waals surface area contributed by atoms with Gasteiger partial charge < -0.3 is 14.7 Å². The van der Waals surface area contributed by atoms with Crippen molar-refractivity contribution in [2.24, 2.45) is 0 Å². The van der Waals surface area contributed by atoms with Crippen molar-refractivity contribution in [2.45, 2.75) is 51.7 Å². The minimum absolute atomic E-state index is 0.106. The molecule has 1 aliphatic heterocycles. The Hall–Kier alpha value is -0.120. The van der Waals surface area contributed by atoms with Gasteiger partial charge in [0.05, 0.1) is 12.2 Å². The zero-order chi connectivity index (χ0) is 11.1. The summed E-state index contributed by atoms with van der Waals surface area (Å²) in [6.07, 6.45) is 4.30. The molecule has 0 aliphatic carbocycles. The summed E-state index contributed by atoms with van der Waals surface area (Å²) < 4.78 is 5.59. The maximum Gasteiger partial charge on any atom is 0.0673 e. The Balaban J connectivity index is 2.13. The van der Waals surface area contributed by atoms with Crippen LogP contribution in [-0.4, -0.2) is 48.5 Å². The molecule has 3 nitrogen and oxygen atoms in total. The second kappa shape index (κ2) is 7.20. The lowest BCUT2D eigenvalue weighted by molar-refractivity contribution is 0.0667. The number of rotatable bonds is 5. The van der Waals surface area contributed by atoms with Crippen LogP contribution in [-0.2, 0) is 4.74 Å². The van der Waals surface area contributed by atoms with Crippen LogP contribution >= 0.6 is 0 Å². The Labute approximate surface area is 93.4 Å². The van der Waals surface area contributed by atoms with E-state index in [2.05, 4.69) is 11.8 Å². The van der Waals surface area contributed by atoms with E-state index < -0.39 is 0 Å². The van der Waals surface area contributed by atoms with Crippen LogP contribution in [0.25, 0.3) is 0 Å². The van der Waals surface area contributed by atoms with Gasteiger partial charge in [-0.05, 0) is 39.2 Å². The fourth-order valence-corrected chi connectivity index (χ4v) is 2.04. The van der Waals surface area contributed by atoms with Gasteiger partial charge in [0.15, 0.2) is 0 Å². The molecule has 15 heavy (non-hydrogen) atoms. The molecule has 0 spiro atoms. The van der Waals surface area contributed by atoms with Gasteiger partial charge in [-0.3, -0.25) is 0 Å². The number of aliphatic hydroxyl groups is 1. The van der Waals surface area contributed by atoms with E-state index in [1.807, 2.05) is 6.92 Å². The second-order valence-corrected chi connectivity index (χ2v) is 4.54. The molecule has 0 aromatic heterocycles. The van der Waals surface area contributed by atoms with Crippen molar-refractivity contribution in [1.82, 2.24) is 4.90 Å². The highest BCUT2D eigenvalue weighted by molar-refractivity contribution is 4.67. The average Bonchev–Trinajstić information content (AvgIpc) is 2.42. The third-order valence-corrected chi connectivity index (χ3v) is 3.02. The van der Waals surface area contributed by atoms with E-state index >= 15 is 0 Å². The summed E-state index contributed by atoms with van der Waals surface area (Å²) in [5.41, 5.74) is 0. The summed E-state index contributed by atoms with van der Waals surface area (Å²) in [6, 6.07) is 0. The van der Waals surface area contributed by atoms with E-state index in [4.69, 9.17) is 4.74 Å². The van der Waals surface area contributed by atoms with Crippen LogP contribution in [0.4, 0.5) is 0 Å². The number of ether oxygens (including phenoxy) is 1. The minimum Gasteiger partial charge on any atom is -0.393 e. The van der Waals surface area contributed by atoms with Crippen molar-refractivity contribution in [3.8, 4) is 0 Å². The molecule has 3 heteroatoms. The standard InChI is InChI=1S/C12H25NO2/c1-3-12(14)6-4-7-13-8-5-9-15-11(2)10-13/h11-12,14H,3-10H2,1-2H3. The van der Waals surface area contributed by atoms with E-state index in [0.29, 0.717) is 6.10 Å². The van der Waals surface area contributed by atoms with Crippen LogP contribution in [0.1, 0.15) is 39.5 Å². The molecule has 0 bridgehead atoms. The SMILES string of the molecule is CCC(O)CCCN1CCCOC(C)C1. The highest BCUT2D eigenvalue weighted by Crippen LogP contribution is 2.08. The number of hydrogen-bond donors (Lipinski definition) is 1. The van der Waals surface area contributed by atoms with Gasteiger partial charge in [-0.25, -0.2) is 0 Å². The Morgan fingerprint density at radius 3 is 3.07 bits per heavy atom. The molecule has 0 radical (unpaired) electrons. The molecule has 90 valence electrons. The molecule has 0 aromatic carbocycles. The third kappa shape index (κ3) is 5.50. The molecule has 1 saturated heterocycles. The van der Waals surface area contributed by atoms with E-state index in [1.54, 1.807) is 0 Å². The quantitative estimate of drug-likeness (QED) is 0.757. The number of nitrogens with zero attached hydrogens (tertiary/aromatic N) is 1. The van der Waals surface area contributed by atoms with Crippen LogP contribution in [0, 0.1) is 0 Å². The van der Waals surface area contributed by atoms with Crippen LogP contribution in [0.15, 0.2) is 0 Å². The highest BCUT2D eigenvalue weighted by Gasteiger charge is 2.14. The lowest BCUT2D eigenvalue weighted by atomic mass is 10.1. The van der Waals surface area contributed by atoms with E-state index in [0.717, 1.165) is 51.9 Å². The largest absolute Gasteiger partial charge is 0.393 e. The summed E-state index contributed by atoms with van der Waals surface area (Å²) in [4.78, 5) is 2.46. The Morgan fingerprint density at radius 2 is 2.33 bits per heavy atom. The molecular formula is C12H25NO2. The first-order chi connectivity index (χ1) is 7.22. The van der Waals surface area contributed by atoms with E-state index in [-0.39, 0.29) is 6.10 Å². The predicted octanol–water partition coefficient (Wildman–Crippen LogP) is 1.65. The molecule has 1 N–H and O–H groups in total. The molecule has 0 aromatic rings. The first-order valence-electron chi connectivity index (χ1n) is 6.24. The van der Waals surface area contributed by atoms with Crippen molar-refractivity contribution in [2.75, 3.05) is 26.2 Å². The fraction of sp³-hybridized carbons (Fsp3) is 1.00. The van der Waals surface area contributed by atoms with Crippen LogP contribution in [0.2, 0.25) is 0 Å². The average molecular weight is 215 g/mol. The molecule has 0 amide bonds. The van der Waals surface area contributed by atoms with E-state index in [1.165, 1.54) is 0 Å². The smallest absolute Gasteiger partial charge is 0.0673 e. The van der Waals surface area contributed by atoms with Gasteiger partial charge in [0.1, 0.15) is 0 Å². The van der Waals surface area contributed by atoms with Crippen molar-refractivity contribution in [3.05, 3.63) is 0 Å². The first-order valence-corrected chi connectivity index (χ1v) is 6.24. The van der Waals surface area contributed by atoms with Crippen molar-refractivity contribution >= 4 is 0 Å². The van der Waals surface area contributed by atoms with Gasteiger partial charge in [-0.15, -0.1) is 0 Å². The molecule has 0 saturated carbocycles. The highest BCUT2D eigenvalue weighted by atomic mass is 16.5.